The van der Waals surface area contributed by atoms with E-state index < -0.39 is 5.63 Å². The van der Waals surface area contributed by atoms with E-state index in [1.165, 1.54) is 6.07 Å². The van der Waals surface area contributed by atoms with Gasteiger partial charge >= 0.3 is 5.63 Å². The lowest BCUT2D eigenvalue weighted by Crippen LogP contribution is -2.41. The van der Waals surface area contributed by atoms with Crippen LogP contribution in [0.15, 0.2) is 27.4 Å². The Morgan fingerprint density at radius 1 is 1.24 bits per heavy atom. The third kappa shape index (κ3) is 4.96. The molecule has 2 N–H and O–H groups in total. The molecule has 0 radical (unpaired) electrons. The van der Waals surface area contributed by atoms with E-state index in [-0.39, 0.29) is 23.8 Å². The van der Waals surface area contributed by atoms with Gasteiger partial charge in [-0.3, -0.25) is 9.59 Å². The van der Waals surface area contributed by atoms with E-state index in [4.69, 9.17) is 14.9 Å². The van der Waals surface area contributed by atoms with Gasteiger partial charge in [-0.15, -0.1) is 0 Å². The number of benzene rings is 1. The van der Waals surface area contributed by atoms with Crippen molar-refractivity contribution in [2.45, 2.75) is 52.6 Å². The number of primary amides is 1. The number of rotatable bonds is 6. The fraction of sp³-hybridized carbons (Fsp3) is 0.500. The highest BCUT2D eigenvalue weighted by Crippen LogP contribution is 2.29. The third-order valence-electron chi connectivity index (χ3n) is 5.35. The molecule has 0 spiro atoms. The zero-order valence-electron chi connectivity index (χ0n) is 17.2. The number of carbonyl (C=O) groups excluding carboxylic acids is 2. The Bertz CT molecular complexity index is 971. The van der Waals surface area contributed by atoms with Crippen molar-refractivity contribution in [3.05, 3.63) is 39.7 Å². The van der Waals surface area contributed by atoms with E-state index >= 15 is 0 Å². The van der Waals surface area contributed by atoms with Gasteiger partial charge in [-0.05, 0) is 57.2 Å². The molecule has 156 valence electrons. The van der Waals surface area contributed by atoms with Gasteiger partial charge in [0.25, 0.3) is 0 Å². The van der Waals surface area contributed by atoms with Gasteiger partial charge in [0.1, 0.15) is 11.3 Å². The molecule has 1 aliphatic heterocycles. The summed E-state index contributed by atoms with van der Waals surface area (Å²) in [5.41, 5.74) is 7.18. The summed E-state index contributed by atoms with van der Waals surface area (Å²) in [4.78, 5) is 37.5. The number of likely N-dealkylation sites (tertiary alicyclic amines) is 1. The van der Waals surface area contributed by atoms with Gasteiger partial charge in [-0.2, -0.15) is 0 Å². The molecule has 1 aromatic heterocycles. The van der Waals surface area contributed by atoms with Crippen LogP contribution in [0.25, 0.3) is 11.0 Å². The lowest BCUT2D eigenvalue weighted by molar-refractivity contribution is -0.134. The average Bonchev–Trinajstić information content (AvgIpc) is 2.65. The molecule has 2 amide bonds. The van der Waals surface area contributed by atoms with Gasteiger partial charge in [0.2, 0.25) is 11.8 Å². The van der Waals surface area contributed by atoms with E-state index in [9.17, 15) is 14.4 Å². The highest BCUT2D eigenvalue weighted by Gasteiger charge is 2.25. The number of hydrogen-bond donors (Lipinski definition) is 1. The van der Waals surface area contributed by atoms with Crippen molar-refractivity contribution in [2.75, 3.05) is 13.1 Å². The molecule has 1 aliphatic rings. The minimum atomic E-state index is -0.396. The molecule has 2 heterocycles. The first-order valence-corrected chi connectivity index (χ1v) is 10.1. The maximum Gasteiger partial charge on any atom is 0.336 e. The van der Waals surface area contributed by atoms with Crippen LogP contribution in [0, 0.1) is 12.8 Å². The topological polar surface area (TPSA) is 103 Å². The summed E-state index contributed by atoms with van der Waals surface area (Å²) in [7, 11) is 0. The second kappa shape index (κ2) is 8.68. The standard InChI is InChI=1S/C22H28N2O5/c1-13(2)28-18-12-19-17(14(3)10-21(26)29-19)11-16(18)4-5-20(25)24-8-6-15(7-9-24)22(23)27/h10-13,15H,4-9H2,1-3H3,(H2,23,27). The van der Waals surface area contributed by atoms with Crippen LogP contribution in [0.3, 0.4) is 0 Å². The van der Waals surface area contributed by atoms with E-state index in [1.807, 2.05) is 26.8 Å². The number of nitrogens with two attached hydrogens (primary N) is 1. The Morgan fingerprint density at radius 3 is 2.55 bits per heavy atom. The van der Waals surface area contributed by atoms with Crippen LogP contribution in [0.1, 0.15) is 44.2 Å². The largest absolute Gasteiger partial charge is 0.491 e. The lowest BCUT2D eigenvalue weighted by atomic mass is 9.96. The lowest BCUT2D eigenvalue weighted by Gasteiger charge is -2.30. The van der Waals surface area contributed by atoms with Crippen molar-refractivity contribution in [3.8, 4) is 5.75 Å². The molecular formula is C22H28N2O5. The summed E-state index contributed by atoms with van der Waals surface area (Å²) < 4.78 is 11.2. The van der Waals surface area contributed by atoms with Gasteiger partial charge in [-0.25, -0.2) is 4.79 Å². The van der Waals surface area contributed by atoms with Crippen LogP contribution in [0.2, 0.25) is 0 Å². The number of aryl methyl sites for hydroxylation is 2. The minimum Gasteiger partial charge on any atom is -0.491 e. The van der Waals surface area contributed by atoms with Crippen molar-refractivity contribution in [2.24, 2.45) is 11.7 Å². The van der Waals surface area contributed by atoms with Crippen LogP contribution in [-0.2, 0) is 16.0 Å². The predicted molar refractivity (Wildman–Crippen MR) is 110 cm³/mol. The Kier molecular flexibility index (Phi) is 6.25. The van der Waals surface area contributed by atoms with Crippen LogP contribution in [-0.4, -0.2) is 35.9 Å². The molecule has 1 fully saturated rings. The molecule has 0 saturated carbocycles. The van der Waals surface area contributed by atoms with Crippen molar-refractivity contribution < 1.29 is 18.7 Å². The van der Waals surface area contributed by atoms with Crippen molar-refractivity contribution >= 4 is 22.8 Å². The van der Waals surface area contributed by atoms with Crippen LogP contribution in [0.5, 0.6) is 5.75 Å². The number of carbonyl (C=O) groups is 2. The predicted octanol–water partition coefficient (Wildman–Crippen LogP) is 2.55. The number of piperidine rings is 1. The van der Waals surface area contributed by atoms with Gasteiger partial charge in [0.15, 0.2) is 0 Å². The number of fused-ring (bicyclic) bond motifs is 1. The average molecular weight is 400 g/mol. The number of amides is 2. The normalized spacial score (nSPS) is 15.1. The third-order valence-corrected chi connectivity index (χ3v) is 5.35. The molecule has 0 unspecified atom stereocenters. The van der Waals surface area contributed by atoms with Gasteiger partial charge in [-0.1, -0.05) is 0 Å². The van der Waals surface area contributed by atoms with Gasteiger partial charge < -0.3 is 19.8 Å². The number of nitrogens with zero attached hydrogens (tertiary/aromatic N) is 1. The number of hydrogen-bond acceptors (Lipinski definition) is 5. The molecule has 29 heavy (non-hydrogen) atoms. The summed E-state index contributed by atoms with van der Waals surface area (Å²) in [6.45, 7) is 6.83. The minimum absolute atomic E-state index is 0.0498. The molecule has 1 aromatic carbocycles. The maximum absolute atomic E-state index is 12.7. The smallest absolute Gasteiger partial charge is 0.336 e. The molecule has 0 atom stereocenters. The Labute approximate surface area is 169 Å². The second-order valence-electron chi connectivity index (χ2n) is 7.93. The van der Waals surface area contributed by atoms with Gasteiger partial charge in [0.05, 0.1) is 6.10 Å². The van der Waals surface area contributed by atoms with Crippen molar-refractivity contribution in [1.82, 2.24) is 4.90 Å². The SMILES string of the molecule is Cc1cc(=O)oc2cc(OC(C)C)c(CCC(=O)N3CCC(C(N)=O)CC3)cc12. The fourth-order valence-electron chi connectivity index (χ4n) is 3.76. The molecule has 7 heteroatoms. The summed E-state index contributed by atoms with van der Waals surface area (Å²) >= 11 is 0. The molecule has 0 bridgehead atoms. The first-order valence-electron chi connectivity index (χ1n) is 10.1. The van der Waals surface area contributed by atoms with Crippen molar-refractivity contribution in [1.29, 1.82) is 0 Å². The van der Waals surface area contributed by atoms with E-state index in [1.54, 1.807) is 11.0 Å². The Balaban J connectivity index is 1.77. The van der Waals surface area contributed by atoms with Crippen LogP contribution >= 0.6 is 0 Å². The summed E-state index contributed by atoms with van der Waals surface area (Å²) in [5.74, 6) is 0.260. The molecule has 2 aromatic rings. The first-order chi connectivity index (χ1) is 13.7. The van der Waals surface area contributed by atoms with E-state index in [0.29, 0.717) is 50.1 Å². The first kappa shape index (κ1) is 20.9. The summed E-state index contributed by atoms with van der Waals surface area (Å²) in [6, 6.07) is 5.14. The molecule has 1 saturated heterocycles. The Morgan fingerprint density at radius 2 is 1.93 bits per heavy atom. The van der Waals surface area contributed by atoms with Crippen molar-refractivity contribution in [3.63, 3.8) is 0 Å². The monoisotopic (exact) mass is 400 g/mol. The summed E-state index contributed by atoms with van der Waals surface area (Å²) in [6.07, 6.45) is 2.06. The van der Waals surface area contributed by atoms with E-state index in [2.05, 4.69) is 0 Å². The second-order valence-corrected chi connectivity index (χ2v) is 7.93. The molecule has 3 rings (SSSR count). The van der Waals surface area contributed by atoms with Crippen LogP contribution in [0.4, 0.5) is 0 Å². The Hall–Kier alpha value is -2.83. The van der Waals surface area contributed by atoms with Gasteiger partial charge in [0, 0.05) is 42.9 Å². The summed E-state index contributed by atoms with van der Waals surface area (Å²) in [5, 5.41) is 0.838. The quantitative estimate of drug-likeness (QED) is 0.751. The molecular weight excluding hydrogens is 372 g/mol. The highest BCUT2D eigenvalue weighted by atomic mass is 16.5. The fourth-order valence-corrected chi connectivity index (χ4v) is 3.76. The number of ether oxygens (including phenoxy) is 1. The van der Waals surface area contributed by atoms with E-state index in [0.717, 1.165) is 16.5 Å². The van der Waals surface area contributed by atoms with Crippen LogP contribution < -0.4 is 16.1 Å². The highest BCUT2D eigenvalue weighted by molar-refractivity contribution is 5.83. The zero-order valence-corrected chi connectivity index (χ0v) is 17.2. The maximum atomic E-state index is 12.7. The molecule has 0 aliphatic carbocycles. The molecule has 7 nitrogen and oxygen atoms in total. The zero-order chi connectivity index (χ0) is 21.1.